The molecule has 1 aromatic heterocycles. The molecular weight excluding hydrogens is 390 g/mol. The largest absolute Gasteiger partial charge is 0.494 e. The van der Waals surface area contributed by atoms with Crippen LogP contribution in [0.15, 0.2) is 41.2 Å². The van der Waals surface area contributed by atoms with Gasteiger partial charge in [-0.25, -0.2) is 0 Å². The lowest BCUT2D eigenvalue weighted by molar-refractivity contribution is 0.0682. The molecule has 0 radical (unpaired) electrons. The van der Waals surface area contributed by atoms with E-state index in [0.717, 1.165) is 38.1 Å². The summed E-state index contributed by atoms with van der Waals surface area (Å²) in [5.74, 6) is 0.829. The number of fused-ring (bicyclic) bond motifs is 3. The Morgan fingerprint density at radius 2 is 1.94 bits per heavy atom. The van der Waals surface area contributed by atoms with Crippen LogP contribution in [0, 0.1) is 6.92 Å². The molecule has 31 heavy (non-hydrogen) atoms. The molecule has 1 aromatic carbocycles. The highest BCUT2D eigenvalue weighted by Crippen LogP contribution is 2.23. The molecule has 0 spiro atoms. The number of hydrogen-bond acceptors (Lipinski definition) is 4. The number of benzene rings is 1. The van der Waals surface area contributed by atoms with Crippen molar-refractivity contribution in [2.45, 2.75) is 51.5 Å². The molecule has 1 amide bonds. The first-order chi connectivity index (χ1) is 15.1. The third-order valence-corrected chi connectivity index (χ3v) is 6.43. The highest BCUT2D eigenvalue weighted by molar-refractivity contribution is 5.94. The number of nitrogens with zero attached hydrogens (tertiary/aromatic N) is 2. The Bertz CT molecular complexity index is 955. The number of rotatable bonds is 1. The predicted octanol–water partition coefficient (Wildman–Crippen LogP) is 3.40. The Hall–Kier alpha value is -2.60. The van der Waals surface area contributed by atoms with E-state index in [4.69, 9.17) is 4.74 Å². The average molecular weight is 424 g/mol. The fourth-order valence-electron chi connectivity index (χ4n) is 4.80. The van der Waals surface area contributed by atoms with Gasteiger partial charge < -0.3 is 14.6 Å². The molecule has 6 heteroatoms. The summed E-state index contributed by atoms with van der Waals surface area (Å²) in [4.78, 5) is 32.3. The summed E-state index contributed by atoms with van der Waals surface area (Å²) in [5.41, 5.74) is 2.27. The van der Waals surface area contributed by atoms with E-state index in [0.29, 0.717) is 37.0 Å². The minimum Gasteiger partial charge on any atom is -0.494 e. The second kappa shape index (κ2) is 10.1. The number of carbonyl (C=O) groups is 1. The van der Waals surface area contributed by atoms with Crippen LogP contribution in [0.3, 0.4) is 0 Å². The van der Waals surface area contributed by atoms with E-state index in [-0.39, 0.29) is 11.5 Å². The van der Waals surface area contributed by atoms with Crippen molar-refractivity contribution in [2.24, 2.45) is 0 Å². The molecule has 3 heterocycles. The summed E-state index contributed by atoms with van der Waals surface area (Å²) in [7, 11) is 0. The van der Waals surface area contributed by atoms with Crippen molar-refractivity contribution in [3.05, 3.63) is 63.6 Å². The SMILES string of the molecule is Cc1cc(C(=O)N2CCCOc3cccc(c3)CCC3CCCCN3CC2)cc(=O)[nH]1. The van der Waals surface area contributed by atoms with Gasteiger partial charge in [0.2, 0.25) is 5.56 Å². The maximum atomic E-state index is 13.3. The van der Waals surface area contributed by atoms with Crippen LogP contribution in [-0.4, -0.2) is 59.5 Å². The van der Waals surface area contributed by atoms with Gasteiger partial charge in [0, 0.05) is 43.0 Å². The number of aromatic amines is 1. The van der Waals surface area contributed by atoms with E-state index in [1.54, 1.807) is 13.0 Å². The quantitative estimate of drug-likeness (QED) is 0.764. The molecule has 1 atom stereocenters. The maximum absolute atomic E-state index is 13.3. The van der Waals surface area contributed by atoms with E-state index < -0.39 is 0 Å². The van der Waals surface area contributed by atoms with E-state index >= 15 is 0 Å². The van der Waals surface area contributed by atoms with Gasteiger partial charge in [-0.2, -0.15) is 0 Å². The van der Waals surface area contributed by atoms with Gasteiger partial charge in [0.05, 0.1) is 6.61 Å². The van der Waals surface area contributed by atoms with Crippen LogP contribution in [0.5, 0.6) is 5.75 Å². The van der Waals surface area contributed by atoms with Gasteiger partial charge in [0.25, 0.3) is 5.91 Å². The van der Waals surface area contributed by atoms with Gasteiger partial charge >= 0.3 is 0 Å². The van der Waals surface area contributed by atoms with Crippen LogP contribution in [-0.2, 0) is 6.42 Å². The zero-order chi connectivity index (χ0) is 21.6. The topological polar surface area (TPSA) is 65.6 Å². The first-order valence-corrected chi connectivity index (χ1v) is 11.5. The number of amides is 1. The van der Waals surface area contributed by atoms with Crippen molar-refractivity contribution in [2.75, 3.05) is 32.8 Å². The molecule has 2 aliphatic rings. The fraction of sp³-hybridized carbons (Fsp3) is 0.520. The van der Waals surface area contributed by atoms with Crippen LogP contribution >= 0.6 is 0 Å². The van der Waals surface area contributed by atoms with Gasteiger partial charge in [-0.15, -0.1) is 0 Å². The first-order valence-electron chi connectivity index (χ1n) is 11.5. The van der Waals surface area contributed by atoms with Crippen molar-refractivity contribution < 1.29 is 9.53 Å². The average Bonchev–Trinajstić information content (AvgIpc) is 2.76. The molecule has 2 aromatic rings. The highest BCUT2D eigenvalue weighted by atomic mass is 16.5. The lowest BCUT2D eigenvalue weighted by Crippen LogP contribution is -2.45. The Balaban J connectivity index is 1.54. The number of carbonyl (C=O) groups excluding carboxylic acids is 1. The standard InChI is InChI=1S/C25H33N3O3/c1-19-16-21(18-24(29)26-19)25(30)28-12-5-15-31-23-8-4-6-20(17-23)9-10-22-7-2-3-11-27(22)13-14-28/h4,6,8,16-18,22H,2-3,5,7,9-15H2,1H3,(H,26,29). The van der Waals surface area contributed by atoms with Crippen LogP contribution < -0.4 is 10.3 Å². The lowest BCUT2D eigenvalue weighted by atomic mass is 9.95. The lowest BCUT2D eigenvalue weighted by Gasteiger charge is -2.37. The molecule has 6 nitrogen and oxygen atoms in total. The van der Waals surface area contributed by atoms with Gasteiger partial charge in [-0.05, 0) is 69.3 Å². The van der Waals surface area contributed by atoms with Crippen molar-refractivity contribution >= 4 is 5.91 Å². The van der Waals surface area contributed by atoms with Crippen molar-refractivity contribution in [1.29, 1.82) is 0 Å². The van der Waals surface area contributed by atoms with Crippen molar-refractivity contribution in [3.63, 3.8) is 0 Å². The number of pyridine rings is 1. The molecule has 1 unspecified atom stereocenters. The molecule has 1 fully saturated rings. The van der Waals surface area contributed by atoms with Crippen LogP contribution in [0.2, 0.25) is 0 Å². The summed E-state index contributed by atoms with van der Waals surface area (Å²) < 4.78 is 5.97. The third-order valence-electron chi connectivity index (χ3n) is 6.43. The summed E-state index contributed by atoms with van der Waals surface area (Å²) in [6.45, 7) is 5.63. The molecule has 0 aliphatic carbocycles. The number of H-pyrrole nitrogens is 1. The number of aromatic nitrogens is 1. The molecular formula is C25H33N3O3. The Labute approximate surface area is 184 Å². The second-order valence-electron chi connectivity index (χ2n) is 8.78. The number of piperidine rings is 1. The van der Waals surface area contributed by atoms with Crippen LogP contribution in [0.4, 0.5) is 0 Å². The van der Waals surface area contributed by atoms with E-state index in [2.05, 4.69) is 28.1 Å². The molecule has 166 valence electrons. The molecule has 4 rings (SSSR count). The van der Waals surface area contributed by atoms with Crippen molar-refractivity contribution in [3.8, 4) is 5.75 Å². The Morgan fingerprint density at radius 3 is 2.81 bits per heavy atom. The maximum Gasteiger partial charge on any atom is 0.254 e. The molecule has 1 saturated heterocycles. The smallest absolute Gasteiger partial charge is 0.254 e. The van der Waals surface area contributed by atoms with Gasteiger partial charge in [-0.1, -0.05) is 18.6 Å². The number of ether oxygens (including phenoxy) is 1. The summed E-state index contributed by atoms with van der Waals surface area (Å²) in [6, 6.07) is 12.1. The summed E-state index contributed by atoms with van der Waals surface area (Å²) in [6.07, 6.45) is 6.65. The number of aryl methyl sites for hydroxylation is 2. The number of nitrogens with one attached hydrogen (secondary N) is 1. The van der Waals surface area contributed by atoms with E-state index in [1.165, 1.54) is 30.9 Å². The zero-order valence-electron chi connectivity index (χ0n) is 18.4. The third kappa shape index (κ3) is 5.76. The summed E-state index contributed by atoms with van der Waals surface area (Å²) in [5, 5.41) is 0. The second-order valence-corrected chi connectivity index (χ2v) is 8.78. The van der Waals surface area contributed by atoms with Gasteiger partial charge in [0.1, 0.15) is 5.75 Å². The molecule has 0 saturated carbocycles. The monoisotopic (exact) mass is 423 g/mol. The number of hydrogen-bond donors (Lipinski definition) is 1. The minimum absolute atomic E-state index is 0.0724. The Kier molecular flexibility index (Phi) is 7.07. The van der Waals surface area contributed by atoms with Crippen molar-refractivity contribution in [1.82, 2.24) is 14.8 Å². The van der Waals surface area contributed by atoms with Crippen LogP contribution in [0.25, 0.3) is 0 Å². The molecule has 2 aliphatic heterocycles. The van der Waals surface area contributed by atoms with E-state index in [9.17, 15) is 9.59 Å². The first kappa shape index (κ1) is 21.6. The zero-order valence-corrected chi connectivity index (χ0v) is 18.4. The van der Waals surface area contributed by atoms with Gasteiger partial charge in [-0.3, -0.25) is 14.5 Å². The predicted molar refractivity (Wildman–Crippen MR) is 122 cm³/mol. The van der Waals surface area contributed by atoms with E-state index in [1.807, 2.05) is 11.0 Å². The minimum atomic E-state index is -0.232. The molecule has 2 bridgehead atoms. The van der Waals surface area contributed by atoms with Crippen LogP contribution in [0.1, 0.15) is 53.7 Å². The fourth-order valence-corrected chi connectivity index (χ4v) is 4.80. The highest BCUT2D eigenvalue weighted by Gasteiger charge is 2.24. The summed E-state index contributed by atoms with van der Waals surface area (Å²) >= 11 is 0. The van der Waals surface area contributed by atoms with Gasteiger partial charge in [0.15, 0.2) is 0 Å². The Morgan fingerprint density at radius 1 is 1.03 bits per heavy atom. The molecule has 1 N–H and O–H groups in total. The normalized spacial score (nSPS) is 20.9.